The minimum Gasteiger partial charge on any atom is -0.489 e. The van der Waals surface area contributed by atoms with Crippen LogP contribution in [0.1, 0.15) is 6.42 Å². The second kappa shape index (κ2) is 8.33. The Kier molecular flexibility index (Phi) is 5.87. The predicted molar refractivity (Wildman–Crippen MR) is 96.4 cm³/mol. The first-order valence-electron chi connectivity index (χ1n) is 8.74. The Morgan fingerprint density at radius 3 is 2.64 bits per heavy atom. The number of nitrogens with zero attached hydrogens (tertiary/aromatic N) is 2. The monoisotopic (exact) mass is 392 g/mol. The summed E-state index contributed by atoms with van der Waals surface area (Å²) < 4.78 is 45.9. The van der Waals surface area contributed by atoms with E-state index in [4.69, 9.17) is 4.74 Å². The van der Waals surface area contributed by atoms with Crippen molar-refractivity contribution in [1.82, 2.24) is 4.90 Å². The van der Waals surface area contributed by atoms with Gasteiger partial charge in [-0.2, -0.15) is 0 Å². The zero-order valence-corrected chi connectivity index (χ0v) is 15.2. The molecule has 1 fully saturated rings. The second-order valence-corrected chi connectivity index (χ2v) is 6.54. The van der Waals surface area contributed by atoms with E-state index >= 15 is 0 Å². The summed E-state index contributed by atoms with van der Waals surface area (Å²) >= 11 is 0. The van der Waals surface area contributed by atoms with E-state index in [1.54, 1.807) is 19.2 Å². The number of para-hydroxylation sites is 1. The number of rotatable bonds is 6. The van der Waals surface area contributed by atoms with Crippen molar-refractivity contribution in [1.29, 1.82) is 0 Å². The van der Waals surface area contributed by atoms with Gasteiger partial charge >= 0.3 is 0 Å². The van der Waals surface area contributed by atoms with Gasteiger partial charge in [-0.1, -0.05) is 12.1 Å². The van der Waals surface area contributed by atoms with Gasteiger partial charge in [-0.3, -0.25) is 9.59 Å². The molecule has 1 unspecified atom stereocenters. The number of benzene rings is 2. The molecule has 2 aromatic carbocycles. The summed E-state index contributed by atoms with van der Waals surface area (Å²) in [5.41, 5.74) is -0.0489. The van der Waals surface area contributed by atoms with Gasteiger partial charge in [-0.15, -0.1) is 0 Å². The molecule has 1 heterocycles. The number of hydrogen-bond acceptors (Lipinski definition) is 3. The summed E-state index contributed by atoms with van der Waals surface area (Å²) in [6, 6.07) is 8.89. The Hall–Kier alpha value is -3.03. The van der Waals surface area contributed by atoms with E-state index in [1.165, 1.54) is 23.1 Å². The minimum atomic E-state index is -0.854. The molecule has 0 spiro atoms. The van der Waals surface area contributed by atoms with Crippen LogP contribution in [0.2, 0.25) is 0 Å². The summed E-state index contributed by atoms with van der Waals surface area (Å²) in [5, 5.41) is 0. The average Bonchev–Trinajstić information content (AvgIpc) is 3.04. The van der Waals surface area contributed by atoms with E-state index in [1.807, 2.05) is 0 Å². The lowest BCUT2D eigenvalue weighted by atomic mass is 10.1. The molecule has 2 amide bonds. The van der Waals surface area contributed by atoms with E-state index in [0.29, 0.717) is 6.07 Å². The summed E-state index contributed by atoms with van der Waals surface area (Å²) in [4.78, 5) is 27.3. The van der Waals surface area contributed by atoms with Crippen molar-refractivity contribution in [3.63, 3.8) is 0 Å². The van der Waals surface area contributed by atoms with Crippen LogP contribution < -0.4 is 9.64 Å². The van der Waals surface area contributed by atoms with Crippen molar-refractivity contribution in [2.24, 2.45) is 5.92 Å². The topological polar surface area (TPSA) is 49.9 Å². The first-order chi connectivity index (χ1) is 13.4. The van der Waals surface area contributed by atoms with Gasteiger partial charge in [-0.05, 0) is 24.3 Å². The highest BCUT2D eigenvalue weighted by atomic mass is 19.1. The van der Waals surface area contributed by atoms with Crippen LogP contribution in [-0.4, -0.2) is 43.5 Å². The number of carbonyl (C=O) groups excluding carboxylic acids is 2. The average molecular weight is 392 g/mol. The summed E-state index contributed by atoms with van der Waals surface area (Å²) in [7, 11) is 1.55. The smallest absolute Gasteiger partial charge is 0.227 e. The quantitative estimate of drug-likeness (QED) is 0.760. The number of anilines is 1. The molecule has 5 nitrogen and oxygen atoms in total. The highest BCUT2D eigenvalue weighted by Gasteiger charge is 2.37. The second-order valence-electron chi connectivity index (χ2n) is 6.54. The lowest BCUT2D eigenvalue weighted by molar-refractivity contribution is -0.134. The summed E-state index contributed by atoms with van der Waals surface area (Å²) in [5.74, 6) is -3.33. The third kappa shape index (κ3) is 4.27. The number of hydrogen-bond donors (Lipinski definition) is 0. The molecule has 0 N–H and O–H groups in total. The summed E-state index contributed by atoms with van der Waals surface area (Å²) in [6.07, 6.45) is -0.0613. The third-order valence-corrected chi connectivity index (χ3v) is 4.57. The fraction of sp³-hybridized carbons (Fsp3) is 0.300. The molecule has 0 aromatic heterocycles. The van der Waals surface area contributed by atoms with E-state index in [-0.39, 0.29) is 43.5 Å². The number of amides is 2. The molecule has 2 aromatic rings. The molecule has 1 aliphatic heterocycles. The Morgan fingerprint density at radius 1 is 1.18 bits per heavy atom. The number of carbonyl (C=O) groups is 2. The molecule has 1 atom stereocenters. The van der Waals surface area contributed by atoms with Crippen molar-refractivity contribution in [3.8, 4) is 5.75 Å². The van der Waals surface area contributed by atoms with Crippen molar-refractivity contribution in [2.45, 2.75) is 6.42 Å². The predicted octanol–water partition coefficient (Wildman–Crippen LogP) is 2.99. The molecule has 28 heavy (non-hydrogen) atoms. The van der Waals surface area contributed by atoms with Gasteiger partial charge in [0.1, 0.15) is 18.2 Å². The molecule has 1 aliphatic rings. The van der Waals surface area contributed by atoms with Crippen LogP contribution in [0.3, 0.4) is 0 Å². The largest absolute Gasteiger partial charge is 0.489 e. The van der Waals surface area contributed by atoms with Crippen LogP contribution in [0.4, 0.5) is 18.9 Å². The number of halogens is 3. The molecular formula is C20H19F3N2O3. The first kappa shape index (κ1) is 19.7. The normalized spacial score (nSPS) is 16.4. The highest BCUT2D eigenvalue weighted by Crippen LogP contribution is 2.28. The lowest BCUT2D eigenvalue weighted by Crippen LogP contribution is -2.37. The van der Waals surface area contributed by atoms with Gasteiger partial charge in [0.25, 0.3) is 0 Å². The van der Waals surface area contributed by atoms with Crippen molar-refractivity contribution < 1.29 is 27.5 Å². The maximum absolute atomic E-state index is 13.9. The maximum atomic E-state index is 13.9. The molecule has 1 saturated heterocycles. The van der Waals surface area contributed by atoms with Crippen LogP contribution in [-0.2, 0) is 9.59 Å². The molecular weight excluding hydrogens is 373 g/mol. The third-order valence-electron chi connectivity index (χ3n) is 4.57. The van der Waals surface area contributed by atoms with E-state index in [0.717, 1.165) is 11.0 Å². The Bertz CT molecular complexity index is 891. The SMILES string of the molecule is CN(CCOc1ccccc1F)C(=O)C1CC(=O)N(c2ccc(F)cc2F)C1. The first-order valence-corrected chi connectivity index (χ1v) is 8.74. The van der Waals surface area contributed by atoms with Gasteiger partial charge in [0.05, 0.1) is 18.2 Å². The molecule has 8 heteroatoms. The Labute approximate surface area is 160 Å². The van der Waals surface area contributed by atoms with Crippen LogP contribution in [0, 0.1) is 23.4 Å². The molecule has 3 rings (SSSR count). The fourth-order valence-electron chi connectivity index (χ4n) is 3.08. The van der Waals surface area contributed by atoms with Crippen LogP contribution in [0.15, 0.2) is 42.5 Å². The number of likely N-dealkylation sites (N-methyl/N-ethyl adjacent to an activating group) is 1. The number of ether oxygens (including phenoxy) is 1. The molecule has 0 aliphatic carbocycles. The van der Waals surface area contributed by atoms with Gasteiger partial charge in [0.15, 0.2) is 11.6 Å². The van der Waals surface area contributed by atoms with E-state index in [2.05, 4.69) is 0 Å². The lowest BCUT2D eigenvalue weighted by Gasteiger charge is -2.22. The summed E-state index contributed by atoms with van der Waals surface area (Å²) in [6.45, 7) is 0.293. The maximum Gasteiger partial charge on any atom is 0.227 e. The van der Waals surface area contributed by atoms with E-state index in [9.17, 15) is 22.8 Å². The van der Waals surface area contributed by atoms with Crippen molar-refractivity contribution >= 4 is 17.5 Å². The van der Waals surface area contributed by atoms with Crippen LogP contribution in [0.25, 0.3) is 0 Å². The molecule has 0 bridgehead atoms. The standard InChI is InChI=1S/C20H19F3N2O3/c1-24(8-9-28-18-5-3-2-4-15(18)22)20(27)13-10-19(26)25(12-13)17-7-6-14(21)11-16(17)23/h2-7,11,13H,8-10,12H2,1H3. The zero-order valence-electron chi connectivity index (χ0n) is 15.2. The Morgan fingerprint density at radius 2 is 1.93 bits per heavy atom. The van der Waals surface area contributed by atoms with Crippen LogP contribution in [0.5, 0.6) is 5.75 Å². The van der Waals surface area contributed by atoms with Gasteiger partial charge in [-0.25, -0.2) is 13.2 Å². The fourth-order valence-corrected chi connectivity index (χ4v) is 3.08. The zero-order chi connectivity index (χ0) is 20.3. The molecule has 0 radical (unpaired) electrons. The molecule has 0 saturated carbocycles. The van der Waals surface area contributed by atoms with Crippen LogP contribution >= 0.6 is 0 Å². The van der Waals surface area contributed by atoms with Gasteiger partial charge in [0.2, 0.25) is 11.8 Å². The van der Waals surface area contributed by atoms with Crippen molar-refractivity contribution in [2.75, 3.05) is 31.6 Å². The van der Waals surface area contributed by atoms with Gasteiger partial charge < -0.3 is 14.5 Å². The van der Waals surface area contributed by atoms with E-state index < -0.39 is 29.3 Å². The van der Waals surface area contributed by atoms with Gasteiger partial charge in [0, 0.05) is 26.1 Å². The van der Waals surface area contributed by atoms with Crippen molar-refractivity contribution in [3.05, 3.63) is 59.9 Å². The Balaban J connectivity index is 1.57. The minimum absolute atomic E-state index is 0.0126. The highest BCUT2D eigenvalue weighted by molar-refractivity contribution is 6.00. The molecule has 148 valence electrons.